The van der Waals surface area contributed by atoms with E-state index in [9.17, 15) is 9.90 Å². The van der Waals surface area contributed by atoms with Gasteiger partial charge in [0.2, 0.25) is 0 Å². The van der Waals surface area contributed by atoms with Crippen molar-refractivity contribution < 1.29 is 19.4 Å². The highest BCUT2D eigenvalue weighted by Crippen LogP contribution is 2.30. The normalized spacial score (nSPS) is 26.9. The number of benzene rings is 1. The second-order valence-corrected chi connectivity index (χ2v) is 7.40. The fourth-order valence-corrected chi connectivity index (χ4v) is 3.84. The number of rotatable bonds is 5. The Bertz CT molecular complexity index is 572. The van der Waals surface area contributed by atoms with Gasteiger partial charge in [-0.25, -0.2) is 0 Å². The Morgan fingerprint density at radius 3 is 2.76 bits per heavy atom. The quantitative estimate of drug-likeness (QED) is 0.889. The summed E-state index contributed by atoms with van der Waals surface area (Å²) in [5.74, 6) is 1.21. The topological polar surface area (TPSA) is 59.0 Å². The van der Waals surface area contributed by atoms with Crippen LogP contribution in [0.1, 0.15) is 44.6 Å². The molecule has 1 N–H and O–H groups in total. The molecule has 2 saturated heterocycles. The molecule has 0 unspecified atom stereocenters. The van der Waals surface area contributed by atoms with Gasteiger partial charge >= 0.3 is 0 Å². The van der Waals surface area contributed by atoms with Gasteiger partial charge in [-0.3, -0.25) is 4.79 Å². The molecule has 1 amide bonds. The summed E-state index contributed by atoms with van der Waals surface area (Å²) in [6.45, 7) is 6.22. The van der Waals surface area contributed by atoms with Gasteiger partial charge in [-0.1, -0.05) is 26.0 Å². The maximum absolute atomic E-state index is 12.6. The molecule has 2 aliphatic rings. The molecule has 2 fully saturated rings. The predicted octanol–water partition coefficient (Wildman–Crippen LogP) is 2.58. The summed E-state index contributed by atoms with van der Waals surface area (Å²) < 4.78 is 11.2. The molecule has 5 heteroatoms. The highest BCUT2D eigenvalue weighted by molar-refractivity contribution is 5.78. The van der Waals surface area contributed by atoms with Crippen LogP contribution >= 0.6 is 0 Å². The van der Waals surface area contributed by atoms with Crippen molar-refractivity contribution in [1.29, 1.82) is 0 Å². The van der Waals surface area contributed by atoms with Gasteiger partial charge in [-0.05, 0) is 42.9 Å². The van der Waals surface area contributed by atoms with E-state index in [4.69, 9.17) is 9.47 Å². The zero-order valence-electron chi connectivity index (χ0n) is 15.2. The third-order valence-corrected chi connectivity index (χ3v) is 5.39. The van der Waals surface area contributed by atoms with Crippen LogP contribution < -0.4 is 4.74 Å². The summed E-state index contributed by atoms with van der Waals surface area (Å²) in [6, 6.07) is 7.98. The summed E-state index contributed by atoms with van der Waals surface area (Å²) in [5, 5.41) is 10.3. The second kappa shape index (κ2) is 8.19. The fourth-order valence-electron chi connectivity index (χ4n) is 3.84. The fraction of sp³-hybridized carbons (Fsp3) is 0.650. The molecule has 0 aromatic heterocycles. The van der Waals surface area contributed by atoms with Crippen LogP contribution in [0.15, 0.2) is 24.3 Å². The number of carbonyl (C=O) groups excluding carboxylic acids is 1. The Morgan fingerprint density at radius 1 is 1.32 bits per heavy atom. The van der Waals surface area contributed by atoms with Crippen LogP contribution in [0, 0.1) is 5.92 Å². The molecule has 0 radical (unpaired) electrons. The van der Waals surface area contributed by atoms with Crippen LogP contribution in [0.3, 0.4) is 0 Å². The van der Waals surface area contributed by atoms with Crippen molar-refractivity contribution >= 4 is 5.91 Å². The second-order valence-electron chi connectivity index (χ2n) is 7.40. The van der Waals surface area contributed by atoms with Crippen molar-refractivity contribution in [3.63, 3.8) is 0 Å². The monoisotopic (exact) mass is 347 g/mol. The smallest absolute Gasteiger partial charge is 0.260 e. The predicted molar refractivity (Wildman–Crippen MR) is 95.7 cm³/mol. The Labute approximate surface area is 149 Å². The van der Waals surface area contributed by atoms with Crippen LogP contribution in [0.4, 0.5) is 0 Å². The van der Waals surface area contributed by atoms with Crippen molar-refractivity contribution in [1.82, 2.24) is 4.90 Å². The molecule has 5 nitrogen and oxygen atoms in total. The average molecular weight is 347 g/mol. The first kappa shape index (κ1) is 18.2. The van der Waals surface area contributed by atoms with Crippen LogP contribution in [-0.2, 0) is 9.53 Å². The number of nitrogens with zero attached hydrogens (tertiary/aromatic N) is 1. The third kappa shape index (κ3) is 4.33. The molecule has 3 rings (SSSR count). The molecular weight excluding hydrogens is 318 g/mol. The zero-order valence-corrected chi connectivity index (χ0v) is 15.2. The number of hydrogen-bond donors (Lipinski definition) is 1. The van der Waals surface area contributed by atoms with Gasteiger partial charge < -0.3 is 19.5 Å². The van der Waals surface area contributed by atoms with Crippen LogP contribution in [0.25, 0.3) is 0 Å². The van der Waals surface area contributed by atoms with E-state index < -0.39 is 0 Å². The first-order valence-corrected chi connectivity index (χ1v) is 9.34. The van der Waals surface area contributed by atoms with Crippen molar-refractivity contribution in [3.8, 4) is 5.75 Å². The highest BCUT2D eigenvalue weighted by atomic mass is 16.5. The van der Waals surface area contributed by atoms with E-state index in [1.807, 2.05) is 29.2 Å². The Hall–Kier alpha value is -1.59. The molecule has 2 aliphatic heterocycles. The minimum absolute atomic E-state index is 0.00629. The molecule has 0 bridgehead atoms. The van der Waals surface area contributed by atoms with Gasteiger partial charge in [0, 0.05) is 25.1 Å². The van der Waals surface area contributed by atoms with Crippen molar-refractivity contribution in [3.05, 3.63) is 29.8 Å². The lowest BCUT2D eigenvalue weighted by molar-refractivity contribution is -0.138. The van der Waals surface area contributed by atoms with Gasteiger partial charge in [0.05, 0.1) is 12.7 Å². The summed E-state index contributed by atoms with van der Waals surface area (Å²) >= 11 is 0. The molecular formula is C20H29NO4. The number of aliphatic hydroxyl groups is 1. The van der Waals surface area contributed by atoms with E-state index in [-0.39, 0.29) is 30.6 Å². The highest BCUT2D eigenvalue weighted by Gasteiger charge is 2.39. The van der Waals surface area contributed by atoms with E-state index in [0.717, 1.165) is 25.1 Å². The van der Waals surface area contributed by atoms with E-state index in [1.54, 1.807) is 0 Å². The van der Waals surface area contributed by atoms with Gasteiger partial charge in [-0.2, -0.15) is 0 Å². The number of amides is 1. The van der Waals surface area contributed by atoms with Crippen molar-refractivity contribution in [2.45, 2.75) is 51.2 Å². The summed E-state index contributed by atoms with van der Waals surface area (Å²) in [6.07, 6.45) is 2.18. The van der Waals surface area contributed by atoms with E-state index in [2.05, 4.69) is 13.8 Å². The number of aliphatic hydroxyl groups excluding tert-OH is 1. The molecule has 2 heterocycles. The standard InChI is InChI=1S/C20H29NO4/c1-14(2)15-5-7-16(8-6-15)25-13-20(23)21-10-3-4-18(21)17-12-24-11-9-19(17)22/h5-8,14,17-19,22H,3-4,9-13H2,1-2H3/t17-,18+,19-/m0/s1. The number of carbonyl (C=O) groups is 1. The molecule has 0 saturated carbocycles. The average Bonchev–Trinajstić information content (AvgIpc) is 3.10. The molecule has 3 atom stereocenters. The first-order chi connectivity index (χ1) is 12.1. The molecule has 138 valence electrons. The molecule has 0 aliphatic carbocycles. The van der Waals surface area contributed by atoms with Crippen molar-refractivity contribution in [2.75, 3.05) is 26.4 Å². The molecule has 1 aromatic rings. The molecule has 1 aromatic carbocycles. The Balaban J connectivity index is 1.56. The summed E-state index contributed by atoms with van der Waals surface area (Å²) in [7, 11) is 0. The molecule has 25 heavy (non-hydrogen) atoms. The van der Waals surface area contributed by atoms with Gasteiger partial charge in [0.15, 0.2) is 6.61 Å². The summed E-state index contributed by atoms with van der Waals surface area (Å²) in [5.41, 5.74) is 1.25. The van der Waals surface area contributed by atoms with Crippen LogP contribution in [-0.4, -0.2) is 54.4 Å². The Kier molecular flexibility index (Phi) is 5.97. The zero-order chi connectivity index (χ0) is 17.8. The maximum atomic E-state index is 12.6. The van der Waals surface area contributed by atoms with E-state index in [1.165, 1.54) is 5.56 Å². The lowest BCUT2D eigenvalue weighted by Gasteiger charge is -2.36. The van der Waals surface area contributed by atoms with Crippen LogP contribution in [0.2, 0.25) is 0 Å². The van der Waals surface area contributed by atoms with E-state index in [0.29, 0.717) is 25.6 Å². The lowest BCUT2D eigenvalue weighted by atomic mass is 9.89. The lowest BCUT2D eigenvalue weighted by Crippen LogP contribution is -2.49. The Morgan fingerprint density at radius 2 is 2.08 bits per heavy atom. The van der Waals surface area contributed by atoms with Crippen LogP contribution in [0.5, 0.6) is 5.75 Å². The first-order valence-electron chi connectivity index (χ1n) is 9.34. The largest absolute Gasteiger partial charge is 0.484 e. The molecule has 0 spiro atoms. The minimum atomic E-state index is -0.378. The third-order valence-electron chi connectivity index (χ3n) is 5.39. The van der Waals surface area contributed by atoms with Gasteiger partial charge in [0.1, 0.15) is 5.75 Å². The SMILES string of the molecule is CC(C)c1ccc(OCC(=O)N2CCC[C@@H]2[C@@H]2COCC[C@@H]2O)cc1. The number of likely N-dealkylation sites (tertiary alicyclic amines) is 1. The van der Waals surface area contributed by atoms with Gasteiger partial charge in [-0.15, -0.1) is 0 Å². The number of ether oxygens (including phenoxy) is 2. The number of hydrogen-bond acceptors (Lipinski definition) is 4. The van der Waals surface area contributed by atoms with Gasteiger partial charge in [0.25, 0.3) is 5.91 Å². The van der Waals surface area contributed by atoms with E-state index >= 15 is 0 Å². The minimum Gasteiger partial charge on any atom is -0.484 e. The maximum Gasteiger partial charge on any atom is 0.260 e. The van der Waals surface area contributed by atoms with Crippen molar-refractivity contribution in [2.24, 2.45) is 5.92 Å². The summed E-state index contributed by atoms with van der Waals surface area (Å²) in [4.78, 5) is 14.5.